The van der Waals surface area contributed by atoms with Gasteiger partial charge in [0.05, 0.1) is 30.7 Å². The molecule has 0 bridgehead atoms. The van der Waals surface area contributed by atoms with E-state index in [0.717, 1.165) is 17.8 Å². The Morgan fingerprint density at radius 1 is 1.40 bits per heavy atom. The molecular formula is C16H14ClN3O5. The summed E-state index contributed by atoms with van der Waals surface area (Å²) in [6.45, 7) is 0. The molecule has 2 N–H and O–H groups in total. The van der Waals surface area contributed by atoms with E-state index in [4.69, 9.17) is 16.3 Å². The summed E-state index contributed by atoms with van der Waals surface area (Å²) in [6.07, 6.45) is 1.18. The standard InChI is InChI=1S/C16H14ClN3O5/c1-25-13-7-11(16(22)14(8-13)20(23)24)9-18-19-15(21)6-10-2-4-12(17)5-3-10/h2-5,7-9,22H,6H2,1H3,(H,19,21)/b18-9-. The fraction of sp³-hybridized carbons (Fsp3) is 0.125. The largest absolute Gasteiger partial charge is 0.502 e. The number of carbonyl (C=O) groups excluding carboxylic acids is 1. The van der Waals surface area contributed by atoms with E-state index in [2.05, 4.69) is 10.5 Å². The van der Waals surface area contributed by atoms with Crippen molar-refractivity contribution in [2.75, 3.05) is 7.11 Å². The smallest absolute Gasteiger partial charge is 0.315 e. The number of nitrogens with zero attached hydrogens (tertiary/aromatic N) is 2. The number of hydrogen-bond donors (Lipinski definition) is 2. The van der Waals surface area contributed by atoms with Crippen LogP contribution in [0, 0.1) is 10.1 Å². The number of halogens is 1. The van der Waals surface area contributed by atoms with E-state index < -0.39 is 22.3 Å². The highest BCUT2D eigenvalue weighted by molar-refractivity contribution is 6.30. The van der Waals surface area contributed by atoms with Crippen LogP contribution in [0.4, 0.5) is 5.69 Å². The number of amides is 1. The minimum Gasteiger partial charge on any atom is -0.502 e. The second-order valence-corrected chi connectivity index (χ2v) is 5.37. The molecule has 25 heavy (non-hydrogen) atoms. The average Bonchev–Trinajstić information content (AvgIpc) is 2.58. The quantitative estimate of drug-likeness (QED) is 0.465. The van der Waals surface area contributed by atoms with Crippen molar-refractivity contribution < 1.29 is 19.6 Å². The van der Waals surface area contributed by atoms with Gasteiger partial charge in [0.1, 0.15) is 5.75 Å². The maximum atomic E-state index is 11.8. The predicted molar refractivity (Wildman–Crippen MR) is 92.2 cm³/mol. The Morgan fingerprint density at radius 2 is 2.08 bits per heavy atom. The molecule has 1 amide bonds. The first-order valence-electron chi connectivity index (χ1n) is 7.02. The van der Waals surface area contributed by atoms with Crippen molar-refractivity contribution in [1.82, 2.24) is 5.43 Å². The highest BCUT2D eigenvalue weighted by Gasteiger charge is 2.18. The molecule has 0 unspecified atom stereocenters. The van der Waals surface area contributed by atoms with Gasteiger partial charge in [-0.15, -0.1) is 0 Å². The van der Waals surface area contributed by atoms with E-state index in [0.29, 0.717) is 5.02 Å². The van der Waals surface area contributed by atoms with E-state index in [-0.39, 0.29) is 17.7 Å². The number of benzene rings is 2. The summed E-state index contributed by atoms with van der Waals surface area (Å²) in [7, 11) is 1.34. The molecular weight excluding hydrogens is 350 g/mol. The van der Waals surface area contributed by atoms with Crippen LogP contribution in [0.3, 0.4) is 0 Å². The molecule has 8 nitrogen and oxygen atoms in total. The molecule has 130 valence electrons. The third-order valence-corrected chi connectivity index (χ3v) is 3.45. The van der Waals surface area contributed by atoms with E-state index in [1.165, 1.54) is 13.2 Å². The van der Waals surface area contributed by atoms with Gasteiger partial charge in [-0.25, -0.2) is 5.43 Å². The molecule has 0 aliphatic carbocycles. The molecule has 0 saturated carbocycles. The lowest BCUT2D eigenvalue weighted by molar-refractivity contribution is -0.385. The molecule has 9 heteroatoms. The summed E-state index contributed by atoms with van der Waals surface area (Å²) < 4.78 is 4.94. The fourth-order valence-electron chi connectivity index (χ4n) is 1.97. The Hall–Kier alpha value is -3.13. The normalized spacial score (nSPS) is 10.6. The van der Waals surface area contributed by atoms with Gasteiger partial charge >= 0.3 is 5.69 Å². The van der Waals surface area contributed by atoms with Crippen molar-refractivity contribution in [3.8, 4) is 11.5 Å². The van der Waals surface area contributed by atoms with Crippen LogP contribution in [0.15, 0.2) is 41.5 Å². The minimum atomic E-state index is -0.742. The monoisotopic (exact) mass is 363 g/mol. The molecule has 0 atom stereocenters. The zero-order valence-corrected chi connectivity index (χ0v) is 13.9. The number of rotatable bonds is 6. The van der Waals surface area contributed by atoms with Gasteiger partial charge in [0.15, 0.2) is 0 Å². The third kappa shape index (κ3) is 4.92. The predicted octanol–water partition coefficient (Wildman–Crippen LogP) is 2.66. The first kappa shape index (κ1) is 18.2. The zero-order chi connectivity index (χ0) is 18.4. The van der Waals surface area contributed by atoms with Crippen LogP contribution in [0.2, 0.25) is 5.02 Å². The van der Waals surface area contributed by atoms with Crippen LogP contribution in [0.25, 0.3) is 0 Å². The zero-order valence-electron chi connectivity index (χ0n) is 13.1. The Kier molecular flexibility index (Phi) is 5.91. The number of nitro benzene ring substituents is 1. The lowest BCUT2D eigenvalue weighted by atomic mass is 10.1. The molecule has 0 aliphatic heterocycles. The molecule has 0 aliphatic rings. The molecule has 0 aromatic heterocycles. The molecule has 0 saturated heterocycles. The van der Waals surface area contributed by atoms with Crippen LogP contribution in [-0.4, -0.2) is 29.3 Å². The van der Waals surface area contributed by atoms with Gasteiger partial charge < -0.3 is 9.84 Å². The number of phenolic OH excluding ortho intramolecular Hbond substituents is 1. The second kappa shape index (κ2) is 8.11. The van der Waals surface area contributed by atoms with Gasteiger partial charge in [-0.3, -0.25) is 14.9 Å². The summed E-state index contributed by atoms with van der Waals surface area (Å²) in [5, 5.41) is 25.1. The van der Waals surface area contributed by atoms with Crippen LogP contribution < -0.4 is 10.2 Å². The van der Waals surface area contributed by atoms with Crippen LogP contribution >= 0.6 is 11.6 Å². The Balaban J connectivity index is 2.08. The number of ether oxygens (including phenoxy) is 1. The van der Waals surface area contributed by atoms with Crippen LogP contribution in [0.1, 0.15) is 11.1 Å². The third-order valence-electron chi connectivity index (χ3n) is 3.20. The van der Waals surface area contributed by atoms with Crippen LogP contribution in [0.5, 0.6) is 11.5 Å². The number of aromatic hydroxyl groups is 1. The average molecular weight is 364 g/mol. The highest BCUT2D eigenvalue weighted by atomic mass is 35.5. The summed E-state index contributed by atoms with van der Waals surface area (Å²) in [4.78, 5) is 22.0. The summed E-state index contributed by atoms with van der Waals surface area (Å²) in [5.74, 6) is -0.782. The summed E-state index contributed by atoms with van der Waals surface area (Å²) >= 11 is 5.77. The first-order valence-corrected chi connectivity index (χ1v) is 7.40. The van der Waals surface area contributed by atoms with Gasteiger partial charge in [-0.05, 0) is 23.8 Å². The van der Waals surface area contributed by atoms with Crippen LogP contribution in [-0.2, 0) is 11.2 Å². The summed E-state index contributed by atoms with van der Waals surface area (Å²) in [6, 6.07) is 9.20. The molecule has 0 spiro atoms. The molecule has 0 radical (unpaired) electrons. The SMILES string of the molecule is COc1cc(/C=N\NC(=O)Cc2ccc(Cl)cc2)c(O)c([N+](=O)[O-])c1. The highest BCUT2D eigenvalue weighted by Crippen LogP contribution is 2.33. The van der Waals surface area contributed by atoms with E-state index in [1.807, 2.05) is 0 Å². The Morgan fingerprint density at radius 3 is 2.68 bits per heavy atom. The molecule has 2 aromatic carbocycles. The number of hydrogen-bond acceptors (Lipinski definition) is 6. The van der Waals surface area contributed by atoms with E-state index in [1.54, 1.807) is 24.3 Å². The van der Waals surface area contributed by atoms with E-state index in [9.17, 15) is 20.0 Å². The van der Waals surface area contributed by atoms with Crippen molar-refractivity contribution in [2.45, 2.75) is 6.42 Å². The van der Waals surface area contributed by atoms with Gasteiger partial charge in [0, 0.05) is 10.6 Å². The molecule has 2 rings (SSSR count). The fourth-order valence-corrected chi connectivity index (χ4v) is 2.10. The lowest BCUT2D eigenvalue weighted by Crippen LogP contribution is -2.19. The van der Waals surface area contributed by atoms with Crippen molar-refractivity contribution >= 4 is 29.4 Å². The Bertz CT molecular complexity index is 821. The minimum absolute atomic E-state index is 0.0397. The number of nitrogens with one attached hydrogen (secondary N) is 1. The lowest BCUT2D eigenvalue weighted by Gasteiger charge is -2.05. The Labute approximate surface area is 147 Å². The van der Waals surface area contributed by atoms with Gasteiger partial charge in [-0.1, -0.05) is 23.7 Å². The topological polar surface area (TPSA) is 114 Å². The van der Waals surface area contributed by atoms with Crippen molar-refractivity contribution in [3.05, 3.63) is 62.7 Å². The second-order valence-electron chi connectivity index (χ2n) is 4.94. The molecule has 0 fully saturated rings. The number of hydrazone groups is 1. The number of methoxy groups -OCH3 is 1. The molecule has 0 heterocycles. The van der Waals surface area contributed by atoms with Gasteiger partial charge in [-0.2, -0.15) is 5.10 Å². The molecule has 2 aromatic rings. The summed E-state index contributed by atoms with van der Waals surface area (Å²) in [5.41, 5.74) is 2.55. The van der Waals surface area contributed by atoms with Crippen molar-refractivity contribution in [1.29, 1.82) is 0 Å². The number of phenols is 1. The van der Waals surface area contributed by atoms with Crippen molar-refractivity contribution in [3.63, 3.8) is 0 Å². The van der Waals surface area contributed by atoms with Gasteiger partial charge in [0.25, 0.3) is 0 Å². The van der Waals surface area contributed by atoms with E-state index >= 15 is 0 Å². The number of carbonyl (C=O) groups is 1. The van der Waals surface area contributed by atoms with Crippen molar-refractivity contribution in [2.24, 2.45) is 5.10 Å². The van der Waals surface area contributed by atoms with Gasteiger partial charge in [0.2, 0.25) is 11.7 Å². The maximum absolute atomic E-state index is 11.8. The number of nitro groups is 1. The maximum Gasteiger partial charge on any atom is 0.315 e. The first-order chi connectivity index (χ1) is 11.9.